The second-order valence-electron chi connectivity index (χ2n) is 4.00. The second-order valence-corrected chi connectivity index (χ2v) is 4.00. The lowest BCUT2D eigenvalue weighted by Gasteiger charge is -2.16. The van der Waals surface area contributed by atoms with Crippen molar-refractivity contribution in [1.82, 2.24) is 0 Å². The number of nitrogens with zero attached hydrogens (tertiary/aromatic N) is 2. The van der Waals surface area contributed by atoms with Crippen LogP contribution in [0.15, 0.2) is 72.4 Å². The van der Waals surface area contributed by atoms with Crippen LogP contribution < -0.4 is 5.01 Å². The van der Waals surface area contributed by atoms with Crippen molar-refractivity contribution in [1.29, 1.82) is 0 Å². The van der Waals surface area contributed by atoms with Gasteiger partial charge in [0.15, 0.2) is 0 Å². The number of hydrogen-bond donors (Lipinski definition) is 0. The normalized spacial score (nSPS) is 10.6. The Hall–Kier alpha value is -2.42. The highest BCUT2D eigenvalue weighted by Crippen LogP contribution is 2.15. The zero-order valence-corrected chi connectivity index (χ0v) is 10.5. The van der Waals surface area contributed by atoms with Crippen molar-refractivity contribution in [3.8, 4) is 0 Å². The Kier molecular flexibility index (Phi) is 4.45. The van der Waals surface area contributed by atoms with Crippen molar-refractivity contribution in [2.24, 2.45) is 5.10 Å². The maximum atomic E-state index is 12.9. The maximum Gasteiger partial charge on any atom is 0.123 e. The Balaban J connectivity index is 2.18. The van der Waals surface area contributed by atoms with Gasteiger partial charge < -0.3 is 0 Å². The fourth-order valence-electron chi connectivity index (χ4n) is 1.63. The van der Waals surface area contributed by atoms with Crippen molar-refractivity contribution in [3.63, 3.8) is 0 Å². The van der Waals surface area contributed by atoms with E-state index in [-0.39, 0.29) is 5.82 Å². The molecule has 19 heavy (non-hydrogen) atoms. The third kappa shape index (κ3) is 3.78. The molecule has 3 heteroatoms. The van der Waals surface area contributed by atoms with Crippen LogP contribution >= 0.6 is 0 Å². The quantitative estimate of drug-likeness (QED) is 0.449. The van der Waals surface area contributed by atoms with Gasteiger partial charge in [-0.15, -0.1) is 6.58 Å². The number of rotatable bonds is 5. The van der Waals surface area contributed by atoms with E-state index in [2.05, 4.69) is 11.7 Å². The fourth-order valence-corrected chi connectivity index (χ4v) is 1.63. The van der Waals surface area contributed by atoms with E-state index in [1.807, 2.05) is 30.3 Å². The van der Waals surface area contributed by atoms with Gasteiger partial charge in [0, 0.05) is 0 Å². The van der Waals surface area contributed by atoms with Crippen LogP contribution in [0.5, 0.6) is 0 Å². The van der Waals surface area contributed by atoms with Gasteiger partial charge in [-0.1, -0.05) is 36.4 Å². The van der Waals surface area contributed by atoms with Gasteiger partial charge in [0.05, 0.1) is 18.4 Å². The molecule has 0 fully saturated rings. The van der Waals surface area contributed by atoms with Crippen molar-refractivity contribution >= 4 is 11.9 Å². The molecule has 2 rings (SSSR count). The van der Waals surface area contributed by atoms with Crippen LogP contribution in [0.25, 0.3) is 0 Å². The van der Waals surface area contributed by atoms with Crippen LogP contribution in [-0.4, -0.2) is 12.8 Å². The van der Waals surface area contributed by atoms with Crippen LogP contribution in [0.1, 0.15) is 5.56 Å². The predicted octanol–water partition coefficient (Wildman–Crippen LogP) is 3.85. The molecule has 0 atom stereocenters. The van der Waals surface area contributed by atoms with Crippen molar-refractivity contribution in [2.75, 3.05) is 11.6 Å². The summed E-state index contributed by atoms with van der Waals surface area (Å²) in [6.07, 6.45) is 3.53. The third-order valence-corrected chi connectivity index (χ3v) is 2.57. The zero-order valence-electron chi connectivity index (χ0n) is 10.5. The summed E-state index contributed by atoms with van der Waals surface area (Å²) >= 11 is 0. The lowest BCUT2D eigenvalue weighted by molar-refractivity contribution is 0.627. The fraction of sp³-hybridized carbons (Fsp3) is 0.0625. The highest BCUT2D eigenvalue weighted by atomic mass is 19.1. The van der Waals surface area contributed by atoms with E-state index < -0.39 is 0 Å². The van der Waals surface area contributed by atoms with Gasteiger partial charge in [-0.25, -0.2) is 4.39 Å². The Morgan fingerprint density at radius 3 is 2.37 bits per heavy atom. The molecule has 0 radical (unpaired) electrons. The predicted molar refractivity (Wildman–Crippen MR) is 78.0 cm³/mol. The highest BCUT2D eigenvalue weighted by Gasteiger charge is 2.02. The molecular weight excluding hydrogens is 239 g/mol. The highest BCUT2D eigenvalue weighted by molar-refractivity contribution is 5.80. The zero-order chi connectivity index (χ0) is 13.5. The molecule has 0 aliphatic heterocycles. The summed E-state index contributed by atoms with van der Waals surface area (Å²) in [4.78, 5) is 0. The molecule has 0 saturated heterocycles. The molecule has 0 amide bonds. The van der Waals surface area contributed by atoms with E-state index >= 15 is 0 Å². The average molecular weight is 254 g/mol. The third-order valence-electron chi connectivity index (χ3n) is 2.57. The minimum Gasteiger partial charge on any atom is -0.262 e. The van der Waals surface area contributed by atoms with Crippen LogP contribution in [0.4, 0.5) is 10.1 Å². The smallest absolute Gasteiger partial charge is 0.123 e. The van der Waals surface area contributed by atoms with Gasteiger partial charge >= 0.3 is 0 Å². The monoisotopic (exact) mass is 254 g/mol. The minimum absolute atomic E-state index is 0.255. The molecule has 0 saturated carbocycles. The molecule has 2 aromatic rings. The molecular formula is C16H15FN2. The molecule has 0 unspecified atom stereocenters. The number of benzene rings is 2. The average Bonchev–Trinajstić information content (AvgIpc) is 2.46. The summed E-state index contributed by atoms with van der Waals surface area (Å²) in [5, 5.41) is 6.16. The van der Waals surface area contributed by atoms with E-state index in [4.69, 9.17) is 0 Å². The largest absolute Gasteiger partial charge is 0.262 e. The number of hydrazone groups is 1. The van der Waals surface area contributed by atoms with Crippen molar-refractivity contribution < 1.29 is 4.39 Å². The summed E-state index contributed by atoms with van der Waals surface area (Å²) < 4.78 is 12.9. The van der Waals surface area contributed by atoms with Gasteiger partial charge in [-0.3, -0.25) is 5.01 Å². The minimum atomic E-state index is -0.255. The molecule has 0 spiro atoms. The SMILES string of the molecule is C=CCN(/N=C/c1ccccc1)c1ccc(F)cc1. The number of halogens is 1. The van der Waals surface area contributed by atoms with E-state index in [9.17, 15) is 4.39 Å². The molecule has 96 valence electrons. The number of hydrogen-bond acceptors (Lipinski definition) is 2. The summed E-state index contributed by atoms with van der Waals surface area (Å²) in [6.45, 7) is 4.27. The summed E-state index contributed by atoms with van der Waals surface area (Å²) in [6, 6.07) is 16.0. The van der Waals surface area contributed by atoms with Gasteiger partial charge in [-0.05, 0) is 29.8 Å². The van der Waals surface area contributed by atoms with Gasteiger partial charge in [0.25, 0.3) is 0 Å². The van der Waals surface area contributed by atoms with E-state index in [1.54, 1.807) is 29.4 Å². The summed E-state index contributed by atoms with van der Waals surface area (Å²) in [5.74, 6) is -0.255. The summed E-state index contributed by atoms with van der Waals surface area (Å²) in [5.41, 5.74) is 1.84. The van der Waals surface area contributed by atoms with Crippen LogP contribution in [0.3, 0.4) is 0 Å². The first kappa shape index (κ1) is 13.0. The molecule has 0 aliphatic carbocycles. The van der Waals surface area contributed by atoms with Crippen molar-refractivity contribution in [2.45, 2.75) is 0 Å². The molecule has 0 bridgehead atoms. The Bertz CT molecular complexity index is 547. The lowest BCUT2D eigenvalue weighted by Crippen LogP contribution is -2.16. The van der Waals surface area contributed by atoms with Gasteiger partial charge in [0.1, 0.15) is 5.82 Å². The second kappa shape index (κ2) is 6.50. The first-order chi connectivity index (χ1) is 9.29. The Morgan fingerprint density at radius 2 is 1.74 bits per heavy atom. The van der Waals surface area contributed by atoms with Crippen LogP contribution in [0.2, 0.25) is 0 Å². The van der Waals surface area contributed by atoms with E-state index in [1.165, 1.54) is 12.1 Å². The topological polar surface area (TPSA) is 15.6 Å². The van der Waals surface area contributed by atoms with Crippen molar-refractivity contribution in [3.05, 3.63) is 78.6 Å². The molecule has 2 aromatic carbocycles. The molecule has 0 aromatic heterocycles. The lowest BCUT2D eigenvalue weighted by atomic mass is 10.2. The Morgan fingerprint density at radius 1 is 1.05 bits per heavy atom. The maximum absolute atomic E-state index is 12.9. The van der Waals surface area contributed by atoms with Crippen LogP contribution in [-0.2, 0) is 0 Å². The standard InChI is InChI=1S/C16H15FN2/c1-2-12-19(16-10-8-15(17)9-11-16)18-13-14-6-4-3-5-7-14/h2-11,13H,1,12H2/b18-13+. The first-order valence-corrected chi connectivity index (χ1v) is 6.02. The van der Waals surface area contributed by atoms with Gasteiger partial charge in [-0.2, -0.15) is 5.10 Å². The van der Waals surface area contributed by atoms with Gasteiger partial charge in [0.2, 0.25) is 0 Å². The Labute approximate surface area is 112 Å². The molecule has 0 N–H and O–H groups in total. The van der Waals surface area contributed by atoms with Crippen LogP contribution in [0, 0.1) is 5.82 Å². The molecule has 0 aliphatic rings. The summed E-state index contributed by atoms with van der Waals surface area (Å²) in [7, 11) is 0. The van der Waals surface area contributed by atoms with E-state index in [0.717, 1.165) is 11.3 Å². The van der Waals surface area contributed by atoms with E-state index in [0.29, 0.717) is 6.54 Å². The molecule has 0 heterocycles. The number of anilines is 1. The molecule has 2 nitrogen and oxygen atoms in total. The first-order valence-electron chi connectivity index (χ1n) is 6.02.